The van der Waals surface area contributed by atoms with E-state index in [0.717, 1.165) is 54.3 Å². The van der Waals surface area contributed by atoms with Gasteiger partial charge in [0.1, 0.15) is 6.33 Å². The minimum atomic E-state index is -0.0132. The lowest BCUT2D eigenvalue weighted by Gasteiger charge is -2.32. The number of amides is 1. The number of hydrogen-bond acceptors (Lipinski definition) is 6. The van der Waals surface area contributed by atoms with Gasteiger partial charge in [0.2, 0.25) is 5.91 Å². The van der Waals surface area contributed by atoms with E-state index in [1.54, 1.807) is 10.8 Å². The summed E-state index contributed by atoms with van der Waals surface area (Å²) in [5.74, 6) is 0.991. The number of nitrogens with one attached hydrogen (secondary N) is 1. The predicted octanol–water partition coefficient (Wildman–Crippen LogP) is 2.09. The summed E-state index contributed by atoms with van der Waals surface area (Å²) in [7, 11) is 0. The first-order valence-electron chi connectivity index (χ1n) is 9.87. The number of piperidine rings is 1. The van der Waals surface area contributed by atoms with Crippen molar-refractivity contribution in [1.29, 1.82) is 0 Å². The molecule has 0 bridgehead atoms. The molecule has 150 valence electrons. The molecule has 2 aliphatic rings. The molecule has 0 radical (unpaired) electrons. The number of hydrogen-bond donors (Lipinski definition) is 1. The standard InChI is InChI=1S/C20H23N7O2/c1-2-19(28)25-5-3-4-14(10-25)15-8-17(20-21-13-22-27(20)11-15)23-18-9-16-12-29-7-6-26(16)24-18/h2,8-9,11,13-14H,1,3-7,10,12H2,(H,23,24). The molecule has 9 heteroatoms. The summed E-state index contributed by atoms with van der Waals surface area (Å²) < 4.78 is 9.25. The van der Waals surface area contributed by atoms with Crippen LogP contribution in [0.5, 0.6) is 0 Å². The highest BCUT2D eigenvalue weighted by Crippen LogP contribution is 2.31. The van der Waals surface area contributed by atoms with Crippen molar-refractivity contribution in [3.63, 3.8) is 0 Å². The number of pyridine rings is 1. The number of fused-ring (bicyclic) bond motifs is 2. The van der Waals surface area contributed by atoms with Crippen molar-refractivity contribution in [3.05, 3.63) is 48.6 Å². The zero-order valence-corrected chi connectivity index (χ0v) is 16.1. The van der Waals surface area contributed by atoms with Crippen LogP contribution in [-0.4, -0.2) is 54.9 Å². The molecule has 1 N–H and O–H groups in total. The van der Waals surface area contributed by atoms with Crippen LogP contribution in [0.15, 0.2) is 37.3 Å². The van der Waals surface area contributed by atoms with E-state index in [0.29, 0.717) is 19.8 Å². The van der Waals surface area contributed by atoms with E-state index in [4.69, 9.17) is 4.74 Å². The lowest BCUT2D eigenvalue weighted by molar-refractivity contribution is -0.127. The Morgan fingerprint density at radius 3 is 3.14 bits per heavy atom. The highest BCUT2D eigenvalue weighted by molar-refractivity contribution is 5.87. The van der Waals surface area contributed by atoms with Crippen molar-refractivity contribution < 1.29 is 9.53 Å². The molecule has 0 spiro atoms. The molecule has 1 saturated heterocycles. The Balaban J connectivity index is 1.46. The van der Waals surface area contributed by atoms with Gasteiger partial charge in [0.15, 0.2) is 11.5 Å². The smallest absolute Gasteiger partial charge is 0.245 e. The molecule has 0 saturated carbocycles. The van der Waals surface area contributed by atoms with Crippen molar-refractivity contribution in [2.45, 2.75) is 31.9 Å². The van der Waals surface area contributed by atoms with Crippen LogP contribution in [0.1, 0.15) is 30.0 Å². The molecule has 0 aromatic carbocycles. The molecule has 0 aliphatic carbocycles. The van der Waals surface area contributed by atoms with Crippen LogP contribution >= 0.6 is 0 Å². The number of carbonyl (C=O) groups is 1. The van der Waals surface area contributed by atoms with Gasteiger partial charge in [-0.05, 0) is 30.5 Å². The van der Waals surface area contributed by atoms with E-state index in [1.165, 1.54) is 6.08 Å². The van der Waals surface area contributed by atoms with Crippen LogP contribution in [0.3, 0.4) is 0 Å². The summed E-state index contributed by atoms with van der Waals surface area (Å²) in [5.41, 5.74) is 3.77. The molecule has 1 unspecified atom stereocenters. The van der Waals surface area contributed by atoms with Gasteiger partial charge in [0.25, 0.3) is 0 Å². The maximum absolute atomic E-state index is 12.1. The van der Waals surface area contributed by atoms with Crippen molar-refractivity contribution in [1.82, 2.24) is 29.3 Å². The molecule has 9 nitrogen and oxygen atoms in total. The molecule has 3 aromatic heterocycles. The number of likely N-dealkylation sites (tertiary alicyclic amines) is 1. The van der Waals surface area contributed by atoms with Crippen LogP contribution in [0.25, 0.3) is 5.65 Å². The monoisotopic (exact) mass is 393 g/mol. The number of ether oxygens (including phenoxy) is 1. The number of carbonyl (C=O) groups excluding carboxylic acids is 1. The van der Waals surface area contributed by atoms with Crippen molar-refractivity contribution in [2.75, 3.05) is 25.0 Å². The molecule has 29 heavy (non-hydrogen) atoms. The topological polar surface area (TPSA) is 89.6 Å². The van der Waals surface area contributed by atoms with Crippen molar-refractivity contribution in [2.24, 2.45) is 0 Å². The normalized spacial score (nSPS) is 19.2. The Morgan fingerprint density at radius 2 is 2.28 bits per heavy atom. The Morgan fingerprint density at radius 1 is 1.34 bits per heavy atom. The maximum atomic E-state index is 12.1. The first-order valence-corrected chi connectivity index (χ1v) is 9.87. The third-order valence-corrected chi connectivity index (χ3v) is 5.60. The SMILES string of the molecule is C=CC(=O)N1CCCC(c2cc(Nc3cc4n(n3)CCOC4)c3ncnn3c2)C1. The van der Waals surface area contributed by atoms with Crippen LogP contribution in [0.2, 0.25) is 0 Å². The van der Waals surface area contributed by atoms with E-state index in [1.807, 2.05) is 21.8 Å². The second-order valence-electron chi connectivity index (χ2n) is 7.46. The van der Waals surface area contributed by atoms with Crippen molar-refractivity contribution in [3.8, 4) is 0 Å². The van der Waals surface area contributed by atoms with Gasteiger partial charge >= 0.3 is 0 Å². The molecule has 5 heterocycles. The fraction of sp³-hybridized carbons (Fsp3) is 0.400. The molecular weight excluding hydrogens is 370 g/mol. The highest BCUT2D eigenvalue weighted by atomic mass is 16.5. The quantitative estimate of drug-likeness (QED) is 0.683. The maximum Gasteiger partial charge on any atom is 0.245 e. The molecule has 1 atom stereocenters. The third kappa shape index (κ3) is 3.38. The molecule has 1 fully saturated rings. The van der Waals surface area contributed by atoms with Crippen LogP contribution in [0, 0.1) is 0 Å². The van der Waals surface area contributed by atoms with Gasteiger partial charge < -0.3 is 15.0 Å². The summed E-state index contributed by atoms with van der Waals surface area (Å²) >= 11 is 0. The zero-order valence-electron chi connectivity index (χ0n) is 16.1. The Hall–Kier alpha value is -3.20. The lowest BCUT2D eigenvalue weighted by Crippen LogP contribution is -2.38. The van der Waals surface area contributed by atoms with E-state index in [9.17, 15) is 4.79 Å². The lowest BCUT2D eigenvalue weighted by atomic mass is 9.91. The fourth-order valence-electron chi connectivity index (χ4n) is 4.13. The van der Waals surface area contributed by atoms with E-state index >= 15 is 0 Å². The summed E-state index contributed by atoms with van der Waals surface area (Å²) in [6.07, 6.45) is 6.93. The number of rotatable bonds is 4. The Labute approximate surface area is 168 Å². The average molecular weight is 393 g/mol. The minimum Gasteiger partial charge on any atom is -0.373 e. The second-order valence-corrected chi connectivity index (χ2v) is 7.46. The molecule has 5 rings (SSSR count). The van der Waals surface area contributed by atoms with E-state index < -0.39 is 0 Å². The summed E-state index contributed by atoms with van der Waals surface area (Å²) in [6.45, 7) is 7.08. The largest absolute Gasteiger partial charge is 0.373 e. The van der Waals surface area contributed by atoms with Crippen LogP contribution < -0.4 is 5.32 Å². The van der Waals surface area contributed by atoms with Gasteiger partial charge in [-0.3, -0.25) is 9.48 Å². The average Bonchev–Trinajstić information content (AvgIpc) is 3.39. The summed E-state index contributed by atoms with van der Waals surface area (Å²) in [4.78, 5) is 18.3. The predicted molar refractivity (Wildman–Crippen MR) is 107 cm³/mol. The van der Waals surface area contributed by atoms with Gasteiger partial charge in [-0.1, -0.05) is 6.58 Å². The highest BCUT2D eigenvalue weighted by Gasteiger charge is 2.25. The number of anilines is 2. The fourth-order valence-corrected chi connectivity index (χ4v) is 4.13. The molecule has 1 amide bonds. The number of nitrogens with zero attached hydrogens (tertiary/aromatic N) is 6. The Kier molecular flexibility index (Phi) is 4.51. The van der Waals surface area contributed by atoms with Gasteiger partial charge in [-0.15, -0.1) is 0 Å². The first-order chi connectivity index (χ1) is 14.2. The molecule has 2 aliphatic heterocycles. The Bertz CT molecular complexity index is 1050. The van der Waals surface area contributed by atoms with Gasteiger partial charge in [0.05, 0.1) is 31.1 Å². The minimum absolute atomic E-state index is 0.0132. The van der Waals surface area contributed by atoms with Gasteiger partial charge in [-0.2, -0.15) is 10.2 Å². The summed E-state index contributed by atoms with van der Waals surface area (Å²) in [5, 5.41) is 12.4. The van der Waals surface area contributed by atoms with Crippen LogP contribution in [-0.2, 0) is 22.7 Å². The van der Waals surface area contributed by atoms with Gasteiger partial charge in [-0.25, -0.2) is 9.50 Å². The zero-order chi connectivity index (χ0) is 19.8. The second kappa shape index (κ2) is 7.32. The summed E-state index contributed by atoms with van der Waals surface area (Å²) in [6, 6.07) is 4.11. The third-order valence-electron chi connectivity index (χ3n) is 5.60. The van der Waals surface area contributed by atoms with Gasteiger partial charge in [0, 0.05) is 31.3 Å². The van der Waals surface area contributed by atoms with Crippen molar-refractivity contribution >= 4 is 23.1 Å². The van der Waals surface area contributed by atoms with E-state index in [2.05, 4.69) is 33.1 Å². The molecule has 3 aromatic rings. The first kappa shape index (κ1) is 17.9. The number of aromatic nitrogens is 5. The molecular formula is C20H23N7O2. The van der Waals surface area contributed by atoms with E-state index in [-0.39, 0.29) is 11.8 Å². The van der Waals surface area contributed by atoms with Crippen LogP contribution in [0.4, 0.5) is 11.5 Å².